The maximum atomic E-state index is 5.99. The first kappa shape index (κ1) is 17.9. The summed E-state index contributed by atoms with van der Waals surface area (Å²) in [5.74, 6) is 0.663. The maximum absolute atomic E-state index is 5.99. The van der Waals surface area contributed by atoms with E-state index in [-0.39, 0.29) is 0 Å². The zero-order valence-electron chi connectivity index (χ0n) is 17.2. The topological polar surface area (TPSA) is 90.5 Å². The normalized spacial score (nSPS) is 11.6. The van der Waals surface area contributed by atoms with Gasteiger partial charge >= 0.3 is 0 Å². The molecule has 154 valence electrons. The van der Waals surface area contributed by atoms with Crippen LogP contribution < -0.4 is 0 Å². The lowest BCUT2D eigenvalue weighted by molar-refractivity contribution is 0.580. The summed E-state index contributed by atoms with van der Waals surface area (Å²) in [5, 5.41) is 12.5. The van der Waals surface area contributed by atoms with Crippen LogP contribution >= 0.6 is 0 Å². The summed E-state index contributed by atoms with van der Waals surface area (Å²) in [6.45, 7) is 0. The Morgan fingerprint density at radius 3 is 1.36 bits per heavy atom. The van der Waals surface area contributed by atoms with E-state index in [9.17, 15) is 0 Å². The van der Waals surface area contributed by atoms with Crippen molar-refractivity contribution in [3.05, 3.63) is 85.2 Å². The van der Waals surface area contributed by atoms with Crippen LogP contribution in [0.4, 0.5) is 0 Å². The average Bonchev–Trinajstić information content (AvgIpc) is 3.38. The Kier molecular flexibility index (Phi) is 3.71. The van der Waals surface area contributed by atoms with Gasteiger partial charge in [0.2, 0.25) is 0 Å². The van der Waals surface area contributed by atoms with Crippen LogP contribution in [0, 0.1) is 0 Å². The SMILES string of the molecule is c1cnc2c(c1)ccc1ccc(-c3nnc(-c4ccc5ccc6cccnc6c5n4)o3)nc12. The third kappa shape index (κ3) is 2.83. The predicted molar refractivity (Wildman–Crippen MR) is 126 cm³/mol. The zero-order valence-corrected chi connectivity index (χ0v) is 17.2. The van der Waals surface area contributed by atoms with Gasteiger partial charge in [0.1, 0.15) is 11.4 Å². The van der Waals surface area contributed by atoms with E-state index < -0.39 is 0 Å². The second-order valence-electron chi connectivity index (χ2n) is 7.73. The van der Waals surface area contributed by atoms with E-state index in [2.05, 4.69) is 20.2 Å². The van der Waals surface area contributed by atoms with E-state index in [1.54, 1.807) is 12.4 Å². The summed E-state index contributed by atoms with van der Waals surface area (Å²) in [4.78, 5) is 18.6. The number of rotatable bonds is 2. The van der Waals surface area contributed by atoms with Crippen LogP contribution in [0.15, 0.2) is 89.6 Å². The Balaban J connectivity index is 1.35. The van der Waals surface area contributed by atoms with E-state index in [4.69, 9.17) is 14.4 Å². The fourth-order valence-corrected chi connectivity index (χ4v) is 4.12. The van der Waals surface area contributed by atoms with Crippen molar-refractivity contribution in [3.8, 4) is 23.2 Å². The van der Waals surface area contributed by atoms with E-state index >= 15 is 0 Å². The van der Waals surface area contributed by atoms with Gasteiger partial charge in [-0.1, -0.05) is 48.5 Å². The molecule has 0 unspecified atom stereocenters. The highest BCUT2D eigenvalue weighted by Crippen LogP contribution is 2.29. The van der Waals surface area contributed by atoms with Crippen molar-refractivity contribution < 1.29 is 4.42 Å². The molecule has 7 aromatic rings. The Hall–Kier alpha value is -4.78. The maximum Gasteiger partial charge on any atom is 0.266 e. The molecule has 0 aliphatic heterocycles. The smallest absolute Gasteiger partial charge is 0.266 e. The van der Waals surface area contributed by atoms with Crippen molar-refractivity contribution in [1.82, 2.24) is 30.1 Å². The molecule has 0 amide bonds. The van der Waals surface area contributed by atoms with Gasteiger partial charge in [-0.15, -0.1) is 10.2 Å². The Bertz CT molecular complexity index is 1710. The Labute approximate surface area is 186 Å². The molecule has 33 heavy (non-hydrogen) atoms. The minimum absolute atomic E-state index is 0.331. The molecule has 7 heteroatoms. The summed E-state index contributed by atoms with van der Waals surface area (Å²) in [6.07, 6.45) is 3.54. The molecule has 0 aliphatic rings. The van der Waals surface area contributed by atoms with E-state index in [1.165, 1.54) is 0 Å². The molecule has 7 nitrogen and oxygen atoms in total. The fraction of sp³-hybridized carbons (Fsp3) is 0. The minimum Gasteiger partial charge on any atom is -0.413 e. The summed E-state index contributed by atoms with van der Waals surface area (Å²) in [6, 6.07) is 23.7. The third-order valence-electron chi connectivity index (χ3n) is 5.73. The lowest BCUT2D eigenvalue weighted by Gasteiger charge is -2.04. The van der Waals surface area contributed by atoms with Gasteiger partial charge < -0.3 is 4.42 Å². The monoisotopic (exact) mass is 426 g/mol. The van der Waals surface area contributed by atoms with Gasteiger partial charge in [0.25, 0.3) is 11.8 Å². The lowest BCUT2D eigenvalue weighted by atomic mass is 10.1. The summed E-state index contributed by atoms with van der Waals surface area (Å²) >= 11 is 0. The van der Waals surface area contributed by atoms with Gasteiger partial charge in [-0.05, 0) is 24.3 Å². The molecule has 0 radical (unpaired) electrons. The molecule has 0 fully saturated rings. The van der Waals surface area contributed by atoms with Gasteiger partial charge in [-0.2, -0.15) is 0 Å². The highest BCUT2D eigenvalue weighted by molar-refractivity contribution is 6.04. The Morgan fingerprint density at radius 2 is 0.879 bits per heavy atom. The van der Waals surface area contributed by atoms with Crippen LogP contribution in [-0.4, -0.2) is 30.1 Å². The first-order valence-corrected chi connectivity index (χ1v) is 10.5. The summed E-state index contributed by atoms with van der Waals surface area (Å²) in [7, 11) is 0. The molecule has 2 aromatic carbocycles. The van der Waals surface area contributed by atoms with E-state index in [1.807, 2.05) is 72.8 Å². The van der Waals surface area contributed by atoms with E-state index in [0.29, 0.717) is 23.2 Å². The van der Waals surface area contributed by atoms with Crippen molar-refractivity contribution >= 4 is 43.6 Å². The Morgan fingerprint density at radius 1 is 0.455 bits per heavy atom. The highest BCUT2D eigenvalue weighted by Gasteiger charge is 2.15. The first-order chi connectivity index (χ1) is 16.3. The van der Waals surface area contributed by atoms with Crippen LogP contribution in [0.2, 0.25) is 0 Å². The molecule has 7 rings (SSSR count). The van der Waals surface area contributed by atoms with Gasteiger partial charge in [0.15, 0.2) is 0 Å². The van der Waals surface area contributed by atoms with Crippen molar-refractivity contribution in [2.75, 3.05) is 0 Å². The molecular formula is C26H14N6O. The molecule has 0 saturated carbocycles. The number of aromatic nitrogens is 6. The zero-order chi connectivity index (χ0) is 21.8. The fourth-order valence-electron chi connectivity index (χ4n) is 4.12. The van der Waals surface area contributed by atoms with Gasteiger partial charge in [-0.25, -0.2) is 9.97 Å². The third-order valence-corrected chi connectivity index (χ3v) is 5.73. The molecule has 0 bridgehead atoms. The van der Waals surface area contributed by atoms with Crippen molar-refractivity contribution in [3.63, 3.8) is 0 Å². The first-order valence-electron chi connectivity index (χ1n) is 10.5. The number of hydrogen-bond donors (Lipinski definition) is 0. The summed E-state index contributed by atoms with van der Waals surface area (Å²) in [5.41, 5.74) is 4.46. The van der Waals surface area contributed by atoms with Crippen molar-refractivity contribution in [1.29, 1.82) is 0 Å². The van der Waals surface area contributed by atoms with Crippen molar-refractivity contribution in [2.45, 2.75) is 0 Å². The van der Waals surface area contributed by atoms with Gasteiger partial charge in [0, 0.05) is 33.9 Å². The number of hydrogen-bond acceptors (Lipinski definition) is 7. The van der Waals surface area contributed by atoms with Crippen molar-refractivity contribution in [2.24, 2.45) is 0 Å². The van der Waals surface area contributed by atoms with Crippen LogP contribution in [0.5, 0.6) is 0 Å². The second kappa shape index (κ2) is 6.86. The molecule has 0 spiro atoms. The van der Waals surface area contributed by atoms with Crippen LogP contribution in [0.1, 0.15) is 0 Å². The lowest BCUT2D eigenvalue weighted by Crippen LogP contribution is -1.88. The summed E-state index contributed by atoms with van der Waals surface area (Å²) < 4.78 is 5.99. The van der Waals surface area contributed by atoms with Crippen LogP contribution in [0.25, 0.3) is 66.8 Å². The van der Waals surface area contributed by atoms with Gasteiger partial charge in [-0.3, -0.25) is 9.97 Å². The molecule has 0 N–H and O–H groups in total. The van der Waals surface area contributed by atoms with E-state index in [0.717, 1.165) is 43.6 Å². The largest absolute Gasteiger partial charge is 0.413 e. The molecule has 0 saturated heterocycles. The number of benzene rings is 2. The predicted octanol–water partition coefficient (Wildman–Crippen LogP) is 5.60. The van der Waals surface area contributed by atoms with Gasteiger partial charge in [0.05, 0.1) is 22.1 Å². The molecular weight excluding hydrogens is 412 g/mol. The van der Waals surface area contributed by atoms with Crippen LogP contribution in [-0.2, 0) is 0 Å². The second-order valence-corrected chi connectivity index (χ2v) is 7.73. The highest BCUT2D eigenvalue weighted by atomic mass is 16.4. The minimum atomic E-state index is 0.331. The molecule has 5 aromatic heterocycles. The molecule has 0 atom stereocenters. The van der Waals surface area contributed by atoms with Crippen LogP contribution in [0.3, 0.4) is 0 Å². The molecule has 0 aliphatic carbocycles. The molecule has 5 heterocycles. The number of pyridine rings is 4. The number of fused-ring (bicyclic) bond motifs is 6. The average molecular weight is 426 g/mol. The standard InChI is InChI=1S/C26H14N6O/c1-3-15-5-7-17-9-11-19(29-23(17)21(15)27-13-1)25-31-32-26(33-25)20-12-10-18-8-6-16-4-2-14-28-22(16)24(18)30-20/h1-14H. The number of nitrogens with zero attached hydrogens (tertiary/aromatic N) is 6. The quantitative estimate of drug-likeness (QED) is 0.333.